The van der Waals surface area contributed by atoms with E-state index < -0.39 is 15.7 Å². The lowest BCUT2D eigenvalue weighted by molar-refractivity contribution is -0.153. The van der Waals surface area contributed by atoms with E-state index in [1.165, 1.54) is 0 Å². The molecule has 0 spiro atoms. The number of nitrogens with one attached hydrogen (secondary N) is 1. The zero-order chi connectivity index (χ0) is 16.4. The fourth-order valence-corrected chi connectivity index (χ4v) is 2.60. The van der Waals surface area contributed by atoms with Crippen LogP contribution in [-0.4, -0.2) is 29.9 Å². The molecule has 1 aromatic rings. The van der Waals surface area contributed by atoms with Gasteiger partial charge in [0.05, 0.1) is 7.11 Å². The van der Waals surface area contributed by atoms with Gasteiger partial charge in [-0.05, 0) is 24.6 Å². The van der Waals surface area contributed by atoms with Crippen molar-refractivity contribution >= 4 is 35.1 Å². The molecule has 0 heterocycles. The summed E-state index contributed by atoms with van der Waals surface area (Å²) in [6.45, 7) is 1.60. The maximum absolute atomic E-state index is 11.8. The predicted octanol–water partition coefficient (Wildman–Crippen LogP) is 2.44. The molecule has 0 bridgehead atoms. The monoisotopic (exact) mass is 345 g/mol. The smallest absolute Gasteiger partial charge is 0.315 e. The summed E-state index contributed by atoms with van der Waals surface area (Å²) in [6, 6.07) is 7.28. The summed E-state index contributed by atoms with van der Waals surface area (Å²) in [7, 11) is 1.59. The van der Waals surface area contributed by atoms with Crippen LogP contribution in [0.3, 0.4) is 0 Å². The first-order chi connectivity index (χ1) is 10.3. The second-order valence-corrected chi connectivity index (χ2v) is 6.90. The van der Waals surface area contributed by atoms with E-state index in [-0.39, 0.29) is 12.5 Å². The van der Waals surface area contributed by atoms with E-state index in [4.69, 9.17) is 32.7 Å². The van der Waals surface area contributed by atoms with Crippen LogP contribution in [0.2, 0.25) is 0 Å². The Kier molecular flexibility index (Phi) is 4.87. The van der Waals surface area contributed by atoms with Crippen molar-refractivity contribution in [1.82, 2.24) is 5.32 Å². The van der Waals surface area contributed by atoms with Crippen LogP contribution in [0.5, 0.6) is 5.75 Å². The molecule has 1 aliphatic rings. The summed E-state index contributed by atoms with van der Waals surface area (Å²) in [6.07, 6.45) is 0.329. The first-order valence-electron chi connectivity index (χ1n) is 6.73. The molecule has 5 nitrogen and oxygen atoms in total. The number of alkyl halides is 2. The molecule has 1 fully saturated rings. The lowest BCUT2D eigenvalue weighted by Gasteiger charge is -2.12. The molecule has 0 unspecified atom stereocenters. The van der Waals surface area contributed by atoms with Gasteiger partial charge in [-0.1, -0.05) is 12.1 Å². The van der Waals surface area contributed by atoms with Crippen molar-refractivity contribution in [2.24, 2.45) is 5.41 Å². The lowest BCUT2D eigenvalue weighted by Crippen LogP contribution is -2.31. The van der Waals surface area contributed by atoms with Crippen molar-refractivity contribution < 1.29 is 19.1 Å². The lowest BCUT2D eigenvalue weighted by atomic mass is 10.1. The minimum atomic E-state index is -1.09. The first kappa shape index (κ1) is 16.9. The van der Waals surface area contributed by atoms with Crippen LogP contribution in [0.4, 0.5) is 0 Å². The molecule has 0 aromatic heterocycles. The SMILES string of the molecule is COc1ccc(CNC(=O)COC(=O)[C@]2(C)CC2(Cl)Cl)cc1. The number of hydrogen-bond donors (Lipinski definition) is 1. The first-order valence-corrected chi connectivity index (χ1v) is 7.49. The van der Waals surface area contributed by atoms with Gasteiger partial charge in [0.1, 0.15) is 15.5 Å². The number of rotatable bonds is 6. The molecule has 1 amide bonds. The molecule has 1 aliphatic carbocycles. The molecule has 120 valence electrons. The number of ether oxygens (including phenoxy) is 2. The van der Waals surface area contributed by atoms with Crippen LogP contribution in [0.15, 0.2) is 24.3 Å². The van der Waals surface area contributed by atoms with Crippen molar-refractivity contribution in [1.29, 1.82) is 0 Å². The third-order valence-corrected chi connectivity index (χ3v) is 4.79. The molecule has 1 atom stereocenters. The third-order valence-electron chi connectivity index (χ3n) is 3.69. The van der Waals surface area contributed by atoms with Gasteiger partial charge in [-0.2, -0.15) is 0 Å². The molecule has 7 heteroatoms. The zero-order valence-electron chi connectivity index (χ0n) is 12.3. The zero-order valence-corrected chi connectivity index (χ0v) is 13.8. The maximum atomic E-state index is 11.8. The number of amides is 1. The van der Waals surface area contributed by atoms with E-state index in [2.05, 4.69) is 5.32 Å². The minimum absolute atomic E-state index is 0.329. The van der Waals surface area contributed by atoms with E-state index in [0.717, 1.165) is 11.3 Å². The number of methoxy groups -OCH3 is 1. The van der Waals surface area contributed by atoms with Crippen molar-refractivity contribution in [2.45, 2.75) is 24.2 Å². The third kappa shape index (κ3) is 3.65. The Hall–Kier alpha value is -1.46. The maximum Gasteiger partial charge on any atom is 0.315 e. The Bertz CT molecular complexity index is 573. The molecule has 0 aliphatic heterocycles. The average molecular weight is 346 g/mol. The molecule has 0 radical (unpaired) electrons. The van der Waals surface area contributed by atoms with Crippen LogP contribution in [0.25, 0.3) is 0 Å². The standard InChI is InChI=1S/C15H17Cl2NO4/c1-14(9-15(14,16)17)13(20)22-8-12(19)18-7-10-3-5-11(21-2)6-4-10/h3-6H,7-9H2,1-2H3,(H,18,19)/t14-/m0/s1. The Labute approximate surface area is 138 Å². The van der Waals surface area contributed by atoms with Gasteiger partial charge < -0.3 is 14.8 Å². The summed E-state index contributed by atoms with van der Waals surface area (Å²) < 4.78 is 8.91. The van der Waals surface area contributed by atoms with Gasteiger partial charge in [0, 0.05) is 13.0 Å². The fourth-order valence-electron chi connectivity index (χ4n) is 1.91. The van der Waals surface area contributed by atoms with Crippen LogP contribution in [-0.2, 0) is 20.9 Å². The largest absolute Gasteiger partial charge is 0.497 e. The van der Waals surface area contributed by atoms with E-state index in [9.17, 15) is 9.59 Å². The number of carbonyl (C=O) groups excluding carboxylic acids is 2. The van der Waals surface area contributed by atoms with E-state index in [1.54, 1.807) is 26.2 Å². The van der Waals surface area contributed by atoms with E-state index >= 15 is 0 Å². The predicted molar refractivity (Wildman–Crippen MR) is 83.0 cm³/mol. The molecule has 22 heavy (non-hydrogen) atoms. The fraction of sp³-hybridized carbons (Fsp3) is 0.467. The van der Waals surface area contributed by atoms with Gasteiger partial charge in [0.25, 0.3) is 5.91 Å². The quantitative estimate of drug-likeness (QED) is 0.635. The summed E-state index contributed by atoms with van der Waals surface area (Å²) in [4.78, 5) is 23.5. The molecule has 1 saturated carbocycles. The average Bonchev–Trinajstić information content (AvgIpc) is 3.03. The van der Waals surface area contributed by atoms with Crippen LogP contribution in [0, 0.1) is 5.41 Å². The van der Waals surface area contributed by atoms with Gasteiger partial charge in [0.2, 0.25) is 0 Å². The van der Waals surface area contributed by atoms with Crippen molar-refractivity contribution in [3.63, 3.8) is 0 Å². The molecule has 2 rings (SSSR count). The highest BCUT2D eigenvalue weighted by Gasteiger charge is 2.69. The minimum Gasteiger partial charge on any atom is -0.497 e. The Morgan fingerprint density at radius 2 is 1.86 bits per heavy atom. The van der Waals surface area contributed by atoms with Crippen LogP contribution in [0.1, 0.15) is 18.9 Å². The Morgan fingerprint density at radius 1 is 1.27 bits per heavy atom. The second-order valence-electron chi connectivity index (χ2n) is 5.41. The Balaban J connectivity index is 1.73. The normalized spacial score (nSPS) is 21.8. The highest BCUT2D eigenvalue weighted by Crippen LogP contribution is 2.64. The van der Waals surface area contributed by atoms with Crippen molar-refractivity contribution in [2.75, 3.05) is 13.7 Å². The number of benzene rings is 1. The van der Waals surface area contributed by atoms with Crippen LogP contribution >= 0.6 is 23.2 Å². The van der Waals surface area contributed by atoms with E-state index in [1.807, 2.05) is 12.1 Å². The summed E-state index contributed by atoms with van der Waals surface area (Å²) in [5.41, 5.74) is -0.0120. The number of hydrogen-bond acceptors (Lipinski definition) is 4. The van der Waals surface area contributed by atoms with Crippen molar-refractivity contribution in [3.8, 4) is 5.75 Å². The summed E-state index contributed by atoms with van der Waals surface area (Å²) >= 11 is 11.8. The molecular weight excluding hydrogens is 329 g/mol. The molecule has 1 aromatic carbocycles. The summed E-state index contributed by atoms with van der Waals surface area (Å²) in [5, 5.41) is 2.66. The number of esters is 1. The highest BCUT2D eigenvalue weighted by atomic mass is 35.5. The van der Waals surface area contributed by atoms with Gasteiger partial charge in [-0.25, -0.2) is 0 Å². The second kappa shape index (κ2) is 6.34. The van der Waals surface area contributed by atoms with E-state index in [0.29, 0.717) is 13.0 Å². The van der Waals surface area contributed by atoms with Gasteiger partial charge in [-0.3, -0.25) is 9.59 Å². The number of carbonyl (C=O) groups is 2. The van der Waals surface area contributed by atoms with Crippen molar-refractivity contribution in [3.05, 3.63) is 29.8 Å². The molecule has 1 N–H and O–H groups in total. The van der Waals surface area contributed by atoms with Gasteiger partial charge in [-0.15, -0.1) is 23.2 Å². The number of halogens is 2. The van der Waals surface area contributed by atoms with Crippen LogP contribution < -0.4 is 10.1 Å². The summed E-state index contributed by atoms with van der Waals surface area (Å²) in [5.74, 6) is -0.201. The molecular formula is C15H17Cl2NO4. The highest BCUT2D eigenvalue weighted by molar-refractivity contribution is 6.53. The Morgan fingerprint density at radius 3 is 2.36 bits per heavy atom. The molecule has 0 saturated heterocycles. The van der Waals surface area contributed by atoms with Gasteiger partial charge >= 0.3 is 5.97 Å². The van der Waals surface area contributed by atoms with Gasteiger partial charge in [0.15, 0.2) is 6.61 Å². The topological polar surface area (TPSA) is 64.6 Å².